The van der Waals surface area contributed by atoms with Gasteiger partial charge in [-0.2, -0.15) is 4.98 Å². The Morgan fingerprint density at radius 2 is 2.00 bits per heavy atom. The van der Waals surface area contributed by atoms with E-state index in [1.807, 2.05) is 0 Å². The molecule has 108 valence electrons. The van der Waals surface area contributed by atoms with Crippen molar-refractivity contribution in [1.29, 1.82) is 0 Å². The molecule has 0 spiro atoms. The molecule has 0 amide bonds. The number of pyridine rings is 1. The Kier molecular flexibility index (Phi) is 4.04. The molecule has 2 aromatic rings. The molecule has 0 unspecified atom stereocenters. The van der Waals surface area contributed by atoms with Crippen LogP contribution in [0.2, 0.25) is 0 Å². The summed E-state index contributed by atoms with van der Waals surface area (Å²) in [5, 5.41) is 2.34. The standard InChI is InChI=1S/C12H16N3O4P/c1-3-12(4-2,20(16,17)18)11-14-10(19-15-11)9-7-5-6-8-13-9/h5-8H,3-4H2,1-2H3,(H2,16,17,18). The maximum Gasteiger partial charge on any atom is 0.339 e. The summed E-state index contributed by atoms with van der Waals surface area (Å²) in [6.45, 7) is 3.39. The lowest BCUT2D eigenvalue weighted by Gasteiger charge is -2.28. The minimum atomic E-state index is -4.41. The summed E-state index contributed by atoms with van der Waals surface area (Å²) >= 11 is 0. The summed E-state index contributed by atoms with van der Waals surface area (Å²) in [6, 6.07) is 5.20. The van der Waals surface area contributed by atoms with Gasteiger partial charge in [-0.25, -0.2) is 0 Å². The third-order valence-electron chi connectivity index (χ3n) is 3.45. The summed E-state index contributed by atoms with van der Waals surface area (Å²) in [7, 11) is -4.41. The predicted octanol–water partition coefficient (Wildman–Crippen LogP) is 2.32. The van der Waals surface area contributed by atoms with Gasteiger partial charge in [0.1, 0.15) is 10.9 Å². The van der Waals surface area contributed by atoms with Crippen LogP contribution >= 0.6 is 7.60 Å². The predicted molar refractivity (Wildman–Crippen MR) is 71.8 cm³/mol. The monoisotopic (exact) mass is 297 g/mol. The fourth-order valence-electron chi connectivity index (χ4n) is 2.11. The number of rotatable bonds is 5. The average molecular weight is 297 g/mol. The molecule has 2 N–H and O–H groups in total. The van der Waals surface area contributed by atoms with Crippen LogP contribution in [0, 0.1) is 0 Å². The molecule has 2 rings (SSSR count). The Bertz CT molecular complexity index is 619. The zero-order chi connectivity index (χ0) is 14.8. The van der Waals surface area contributed by atoms with Gasteiger partial charge in [-0.3, -0.25) is 9.55 Å². The highest BCUT2D eigenvalue weighted by Crippen LogP contribution is 2.60. The molecule has 2 heterocycles. The van der Waals surface area contributed by atoms with Crippen molar-refractivity contribution in [3.05, 3.63) is 30.2 Å². The van der Waals surface area contributed by atoms with E-state index in [2.05, 4.69) is 15.1 Å². The minimum Gasteiger partial charge on any atom is -0.332 e. The maximum atomic E-state index is 11.8. The lowest BCUT2D eigenvalue weighted by atomic mass is 10.0. The molecule has 0 fully saturated rings. The van der Waals surface area contributed by atoms with E-state index in [9.17, 15) is 14.4 Å². The Balaban J connectivity index is 2.48. The summed E-state index contributed by atoms with van der Waals surface area (Å²) in [4.78, 5) is 27.5. The van der Waals surface area contributed by atoms with Crippen LogP contribution in [0.25, 0.3) is 11.6 Å². The Morgan fingerprint density at radius 3 is 2.50 bits per heavy atom. The zero-order valence-corrected chi connectivity index (χ0v) is 12.1. The number of hydrogen-bond acceptors (Lipinski definition) is 5. The van der Waals surface area contributed by atoms with E-state index in [1.165, 1.54) is 0 Å². The van der Waals surface area contributed by atoms with Gasteiger partial charge < -0.3 is 14.3 Å². The van der Waals surface area contributed by atoms with Crippen molar-refractivity contribution in [2.45, 2.75) is 31.8 Å². The van der Waals surface area contributed by atoms with E-state index in [4.69, 9.17) is 4.52 Å². The largest absolute Gasteiger partial charge is 0.339 e. The Morgan fingerprint density at radius 1 is 1.30 bits per heavy atom. The van der Waals surface area contributed by atoms with E-state index in [0.29, 0.717) is 5.69 Å². The molecule has 20 heavy (non-hydrogen) atoms. The van der Waals surface area contributed by atoms with Gasteiger partial charge in [-0.15, -0.1) is 0 Å². The lowest BCUT2D eigenvalue weighted by Crippen LogP contribution is -2.26. The van der Waals surface area contributed by atoms with E-state index in [0.717, 1.165) is 0 Å². The van der Waals surface area contributed by atoms with Crippen LogP contribution in [0.15, 0.2) is 28.9 Å². The molecule has 0 bridgehead atoms. The smallest absolute Gasteiger partial charge is 0.332 e. The molecule has 2 aromatic heterocycles. The first kappa shape index (κ1) is 14.8. The molecule has 0 aromatic carbocycles. The molecule has 0 atom stereocenters. The van der Waals surface area contributed by atoms with E-state index >= 15 is 0 Å². The number of aromatic nitrogens is 3. The van der Waals surface area contributed by atoms with Crippen molar-refractivity contribution in [3.63, 3.8) is 0 Å². The average Bonchev–Trinajstić information content (AvgIpc) is 2.90. The molecule has 0 saturated heterocycles. The van der Waals surface area contributed by atoms with Crippen LogP contribution in [0.1, 0.15) is 32.5 Å². The second-order valence-corrected chi connectivity index (χ2v) is 6.36. The molecular weight excluding hydrogens is 281 g/mol. The normalized spacial score (nSPS) is 12.6. The molecular formula is C12H16N3O4P. The second-order valence-electron chi connectivity index (χ2n) is 4.42. The van der Waals surface area contributed by atoms with Crippen LogP contribution in [0.3, 0.4) is 0 Å². The summed E-state index contributed by atoms with van der Waals surface area (Å²) in [5.74, 6) is 0.178. The van der Waals surface area contributed by atoms with Crippen LogP contribution in [0.5, 0.6) is 0 Å². The fourth-order valence-corrected chi connectivity index (χ4v) is 3.29. The van der Waals surface area contributed by atoms with Crippen molar-refractivity contribution >= 4 is 7.60 Å². The van der Waals surface area contributed by atoms with E-state index < -0.39 is 12.8 Å². The van der Waals surface area contributed by atoms with Gasteiger partial charge in [-0.05, 0) is 25.0 Å². The van der Waals surface area contributed by atoms with Crippen LogP contribution in [-0.4, -0.2) is 24.9 Å². The van der Waals surface area contributed by atoms with Crippen molar-refractivity contribution in [1.82, 2.24) is 15.1 Å². The van der Waals surface area contributed by atoms with Gasteiger partial charge in [0.15, 0.2) is 5.82 Å². The van der Waals surface area contributed by atoms with Crippen molar-refractivity contribution < 1.29 is 18.9 Å². The Hall–Kier alpha value is -1.56. The minimum absolute atomic E-state index is 0.0245. The molecule has 7 nitrogen and oxygen atoms in total. The molecule has 0 aliphatic carbocycles. The van der Waals surface area contributed by atoms with Crippen LogP contribution in [0.4, 0.5) is 0 Å². The van der Waals surface area contributed by atoms with Crippen molar-refractivity contribution in [2.24, 2.45) is 0 Å². The van der Waals surface area contributed by atoms with Gasteiger partial charge in [0.25, 0.3) is 5.89 Å². The number of nitrogens with zero attached hydrogens (tertiary/aromatic N) is 3. The third kappa shape index (κ3) is 2.40. The van der Waals surface area contributed by atoms with Crippen LogP contribution < -0.4 is 0 Å². The maximum absolute atomic E-state index is 11.8. The molecule has 0 saturated carbocycles. The highest BCUT2D eigenvalue weighted by molar-refractivity contribution is 7.53. The highest BCUT2D eigenvalue weighted by atomic mass is 31.2. The van der Waals surface area contributed by atoms with Gasteiger partial charge in [0, 0.05) is 6.20 Å². The van der Waals surface area contributed by atoms with E-state index in [1.54, 1.807) is 38.2 Å². The third-order valence-corrected chi connectivity index (χ3v) is 5.40. The quantitative estimate of drug-likeness (QED) is 0.815. The summed E-state index contributed by atoms with van der Waals surface area (Å²) in [6.07, 6.45) is 2.01. The first-order valence-corrected chi connectivity index (χ1v) is 7.87. The summed E-state index contributed by atoms with van der Waals surface area (Å²) < 4.78 is 16.9. The second kappa shape index (κ2) is 5.44. The number of hydrogen-bond donors (Lipinski definition) is 2. The highest BCUT2D eigenvalue weighted by Gasteiger charge is 2.49. The van der Waals surface area contributed by atoms with E-state index in [-0.39, 0.29) is 24.6 Å². The first-order valence-electron chi connectivity index (χ1n) is 6.26. The van der Waals surface area contributed by atoms with Gasteiger partial charge in [0.05, 0.1) is 0 Å². The van der Waals surface area contributed by atoms with Crippen LogP contribution in [-0.2, 0) is 9.72 Å². The first-order chi connectivity index (χ1) is 9.44. The Labute approximate surface area is 116 Å². The molecule has 0 radical (unpaired) electrons. The van der Waals surface area contributed by atoms with Gasteiger partial charge in [-0.1, -0.05) is 25.1 Å². The zero-order valence-electron chi connectivity index (χ0n) is 11.2. The topological polar surface area (TPSA) is 109 Å². The SMILES string of the molecule is CCC(CC)(c1noc(-c2ccccn2)n1)P(=O)(O)O. The lowest BCUT2D eigenvalue weighted by molar-refractivity contribution is 0.302. The van der Waals surface area contributed by atoms with Gasteiger partial charge in [0.2, 0.25) is 0 Å². The molecule has 8 heteroatoms. The van der Waals surface area contributed by atoms with Crippen molar-refractivity contribution in [2.75, 3.05) is 0 Å². The molecule has 0 aliphatic heterocycles. The summed E-state index contributed by atoms with van der Waals surface area (Å²) in [5.41, 5.74) is 0.470. The molecule has 0 aliphatic rings. The van der Waals surface area contributed by atoms with Gasteiger partial charge >= 0.3 is 7.60 Å². The fraction of sp³-hybridized carbons (Fsp3) is 0.417. The van der Waals surface area contributed by atoms with Crippen molar-refractivity contribution in [3.8, 4) is 11.6 Å².